The first-order valence-corrected chi connectivity index (χ1v) is 6.22. The Bertz CT molecular complexity index is 721. The lowest BCUT2D eigenvalue weighted by Crippen LogP contribution is -2.10. The highest BCUT2D eigenvalue weighted by atomic mass is 15.2. The molecule has 1 aromatic heterocycles. The minimum absolute atomic E-state index is 0.702. The van der Waals surface area contributed by atoms with Crippen molar-refractivity contribution in [2.24, 2.45) is 5.84 Å². The van der Waals surface area contributed by atoms with Crippen LogP contribution in [-0.4, -0.2) is 4.98 Å². The summed E-state index contributed by atoms with van der Waals surface area (Å²) in [4.78, 5) is 4.63. The second kappa shape index (κ2) is 4.71. The van der Waals surface area contributed by atoms with Crippen LogP contribution in [0.5, 0.6) is 0 Å². The number of hydrogen-bond donors (Lipinski definition) is 2. The molecular weight excluding hydrogens is 234 g/mol. The number of aromatic nitrogens is 1. The summed E-state index contributed by atoms with van der Waals surface area (Å²) in [6.45, 7) is 2.05. The predicted molar refractivity (Wildman–Crippen MR) is 79.7 cm³/mol. The van der Waals surface area contributed by atoms with Crippen molar-refractivity contribution < 1.29 is 0 Å². The van der Waals surface area contributed by atoms with E-state index in [0.717, 1.165) is 27.6 Å². The van der Waals surface area contributed by atoms with Gasteiger partial charge in [0.1, 0.15) is 5.82 Å². The van der Waals surface area contributed by atoms with Gasteiger partial charge in [-0.1, -0.05) is 48.5 Å². The first kappa shape index (κ1) is 11.7. The molecule has 0 fully saturated rings. The lowest BCUT2D eigenvalue weighted by atomic mass is 10.0. The Kier molecular flexibility index (Phi) is 2.89. The molecule has 0 saturated heterocycles. The van der Waals surface area contributed by atoms with Crippen LogP contribution in [0.25, 0.3) is 22.0 Å². The number of anilines is 1. The van der Waals surface area contributed by atoms with Gasteiger partial charge in [0.15, 0.2) is 0 Å². The van der Waals surface area contributed by atoms with Crippen LogP contribution in [-0.2, 0) is 0 Å². The van der Waals surface area contributed by atoms with Crippen molar-refractivity contribution in [1.29, 1.82) is 0 Å². The number of hydrogen-bond acceptors (Lipinski definition) is 3. The quantitative estimate of drug-likeness (QED) is 0.540. The smallest absolute Gasteiger partial charge is 0.148 e. The van der Waals surface area contributed by atoms with Crippen molar-refractivity contribution in [1.82, 2.24) is 4.98 Å². The number of para-hydroxylation sites is 1. The summed E-state index contributed by atoms with van der Waals surface area (Å²) in [5.74, 6) is 6.32. The van der Waals surface area contributed by atoms with E-state index in [1.54, 1.807) is 0 Å². The van der Waals surface area contributed by atoms with E-state index in [-0.39, 0.29) is 0 Å². The summed E-state index contributed by atoms with van der Waals surface area (Å²) in [7, 11) is 0. The third kappa shape index (κ3) is 2.04. The van der Waals surface area contributed by atoms with E-state index in [1.165, 1.54) is 0 Å². The fraction of sp³-hybridized carbons (Fsp3) is 0.0625. The summed E-state index contributed by atoms with van der Waals surface area (Å²) < 4.78 is 0. The average molecular weight is 249 g/mol. The predicted octanol–water partition coefficient (Wildman–Crippen LogP) is 3.50. The minimum atomic E-state index is 0.702. The first-order chi connectivity index (χ1) is 9.29. The largest absolute Gasteiger partial charge is 0.308 e. The van der Waals surface area contributed by atoms with E-state index in [1.807, 2.05) is 24.3 Å². The zero-order valence-electron chi connectivity index (χ0n) is 10.7. The van der Waals surface area contributed by atoms with Gasteiger partial charge in [-0.2, -0.15) is 0 Å². The number of nitrogens with two attached hydrogens (primary N) is 1. The third-order valence-electron chi connectivity index (χ3n) is 3.27. The van der Waals surface area contributed by atoms with Gasteiger partial charge in [-0.3, -0.25) is 0 Å². The highest BCUT2D eigenvalue weighted by Gasteiger charge is 2.08. The Labute approximate surface area is 112 Å². The number of nitrogens with zero attached hydrogens (tertiary/aromatic N) is 1. The number of rotatable bonds is 2. The maximum Gasteiger partial charge on any atom is 0.148 e. The van der Waals surface area contributed by atoms with Crippen molar-refractivity contribution in [2.75, 3.05) is 5.43 Å². The molecule has 0 radical (unpaired) electrons. The molecule has 19 heavy (non-hydrogen) atoms. The van der Waals surface area contributed by atoms with Gasteiger partial charge in [-0.15, -0.1) is 0 Å². The maximum absolute atomic E-state index is 5.62. The SMILES string of the molecule is Cc1cccc2cc(-c3ccccc3)c(NN)nc12. The van der Waals surface area contributed by atoms with Crippen molar-refractivity contribution in [2.45, 2.75) is 6.92 Å². The molecule has 3 N–H and O–H groups in total. The maximum atomic E-state index is 5.62. The fourth-order valence-corrected chi connectivity index (χ4v) is 2.29. The molecule has 1 heterocycles. The van der Waals surface area contributed by atoms with Crippen LogP contribution >= 0.6 is 0 Å². The molecule has 0 saturated carbocycles. The van der Waals surface area contributed by atoms with Gasteiger partial charge in [0.2, 0.25) is 0 Å². The van der Waals surface area contributed by atoms with Gasteiger partial charge >= 0.3 is 0 Å². The van der Waals surface area contributed by atoms with E-state index in [2.05, 4.69) is 47.7 Å². The van der Waals surface area contributed by atoms with Gasteiger partial charge in [0, 0.05) is 10.9 Å². The van der Waals surface area contributed by atoms with Crippen LogP contribution in [0.1, 0.15) is 5.56 Å². The summed E-state index contributed by atoms with van der Waals surface area (Å²) in [5, 5.41) is 1.12. The van der Waals surface area contributed by atoms with Gasteiger partial charge in [0.25, 0.3) is 0 Å². The summed E-state index contributed by atoms with van der Waals surface area (Å²) in [6, 6.07) is 18.4. The molecular formula is C16H15N3. The average Bonchev–Trinajstić information content (AvgIpc) is 2.47. The van der Waals surface area contributed by atoms with Crippen molar-refractivity contribution in [3.63, 3.8) is 0 Å². The molecule has 0 bridgehead atoms. The van der Waals surface area contributed by atoms with Crippen LogP contribution in [0.4, 0.5) is 5.82 Å². The molecule has 3 nitrogen and oxygen atoms in total. The summed E-state index contributed by atoms with van der Waals surface area (Å²) in [5.41, 5.74) is 6.95. The molecule has 0 aliphatic rings. The highest BCUT2D eigenvalue weighted by Crippen LogP contribution is 2.30. The van der Waals surface area contributed by atoms with E-state index in [0.29, 0.717) is 5.82 Å². The van der Waals surface area contributed by atoms with Gasteiger partial charge in [-0.25, -0.2) is 10.8 Å². The molecule has 0 aliphatic heterocycles. The number of aryl methyl sites for hydroxylation is 1. The summed E-state index contributed by atoms with van der Waals surface area (Å²) in [6.07, 6.45) is 0. The van der Waals surface area contributed by atoms with E-state index >= 15 is 0 Å². The molecule has 0 aliphatic carbocycles. The third-order valence-corrected chi connectivity index (χ3v) is 3.27. The monoisotopic (exact) mass is 249 g/mol. The lowest BCUT2D eigenvalue weighted by Gasteiger charge is -2.11. The first-order valence-electron chi connectivity index (χ1n) is 6.22. The fourth-order valence-electron chi connectivity index (χ4n) is 2.29. The number of nitrogens with one attached hydrogen (secondary N) is 1. The minimum Gasteiger partial charge on any atom is -0.308 e. The van der Waals surface area contributed by atoms with Gasteiger partial charge in [-0.05, 0) is 24.1 Å². The molecule has 0 amide bonds. The number of benzene rings is 2. The molecule has 94 valence electrons. The van der Waals surface area contributed by atoms with Crippen molar-refractivity contribution >= 4 is 16.7 Å². The number of nitrogen functional groups attached to an aromatic ring is 1. The second-order valence-electron chi connectivity index (χ2n) is 4.54. The zero-order valence-corrected chi connectivity index (χ0v) is 10.7. The van der Waals surface area contributed by atoms with Crippen LogP contribution in [0, 0.1) is 6.92 Å². The molecule has 0 spiro atoms. The highest BCUT2D eigenvalue weighted by molar-refractivity contribution is 5.90. The van der Waals surface area contributed by atoms with Gasteiger partial charge in [0.05, 0.1) is 5.52 Å². The van der Waals surface area contributed by atoms with Crippen molar-refractivity contribution in [3.05, 3.63) is 60.2 Å². The van der Waals surface area contributed by atoms with E-state index in [9.17, 15) is 0 Å². The molecule has 0 unspecified atom stereocenters. The Morgan fingerprint density at radius 3 is 2.53 bits per heavy atom. The van der Waals surface area contributed by atoms with Crippen LogP contribution in [0.2, 0.25) is 0 Å². The number of pyridine rings is 1. The Balaban J connectivity index is 2.30. The molecule has 3 rings (SSSR count). The van der Waals surface area contributed by atoms with Crippen LogP contribution < -0.4 is 11.3 Å². The Morgan fingerprint density at radius 2 is 1.79 bits per heavy atom. The molecule has 3 aromatic rings. The molecule has 3 heteroatoms. The number of fused-ring (bicyclic) bond motifs is 1. The Hall–Kier alpha value is -2.39. The molecule has 2 aromatic carbocycles. The topological polar surface area (TPSA) is 50.9 Å². The molecule has 0 atom stereocenters. The van der Waals surface area contributed by atoms with Gasteiger partial charge < -0.3 is 5.43 Å². The lowest BCUT2D eigenvalue weighted by molar-refractivity contribution is 1.25. The second-order valence-corrected chi connectivity index (χ2v) is 4.54. The Morgan fingerprint density at radius 1 is 1.00 bits per heavy atom. The zero-order chi connectivity index (χ0) is 13.2. The van der Waals surface area contributed by atoms with Crippen LogP contribution in [0.3, 0.4) is 0 Å². The van der Waals surface area contributed by atoms with E-state index < -0.39 is 0 Å². The van der Waals surface area contributed by atoms with Crippen LogP contribution in [0.15, 0.2) is 54.6 Å². The van der Waals surface area contributed by atoms with E-state index in [4.69, 9.17) is 5.84 Å². The van der Waals surface area contributed by atoms with Crippen molar-refractivity contribution in [3.8, 4) is 11.1 Å². The summed E-state index contributed by atoms with van der Waals surface area (Å²) >= 11 is 0. The number of hydrazine groups is 1. The standard InChI is InChI=1S/C16H15N3/c1-11-6-5-9-13-10-14(12-7-3-2-4-8-12)16(19-17)18-15(11)13/h2-10H,17H2,1H3,(H,18,19). The normalized spacial score (nSPS) is 10.6.